The van der Waals surface area contributed by atoms with E-state index in [1.165, 1.54) is 0 Å². The van der Waals surface area contributed by atoms with E-state index < -0.39 is 5.41 Å². The van der Waals surface area contributed by atoms with E-state index >= 15 is 0 Å². The van der Waals surface area contributed by atoms with Crippen LogP contribution in [0.25, 0.3) is 0 Å². The van der Waals surface area contributed by atoms with Gasteiger partial charge in [-0.2, -0.15) is 0 Å². The zero-order chi connectivity index (χ0) is 16.8. The third kappa shape index (κ3) is 4.58. The Balaban J connectivity index is 2.81. The third-order valence-corrected chi connectivity index (χ3v) is 3.78. The highest BCUT2D eigenvalue weighted by atomic mass is 16.2. The van der Waals surface area contributed by atoms with E-state index in [0.717, 1.165) is 24.1 Å². The summed E-state index contributed by atoms with van der Waals surface area (Å²) in [5.74, 6) is -0.215. The van der Waals surface area contributed by atoms with Gasteiger partial charge < -0.3 is 10.6 Å². The minimum Gasteiger partial charge on any atom is -0.355 e. The Kier molecular flexibility index (Phi) is 6.60. The fourth-order valence-corrected chi connectivity index (χ4v) is 2.10. The minimum atomic E-state index is -1.10. The molecule has 1 rings (SSSR count). The molecule has 0 fully saturated rings. The van der Waals surface area contributed by atoms with Crippen LogP contribution in [-0.2, 0) is 9.59 Å². The number of hydrogen-bond acceptors (Lipinski definition) is 2. The van der Waals surface area contributed by atoms with E-state index in [1.54, 1.807) is 13.8 Å². The maximum absolute atomic E-state index is 12.5. The molecule has 0 aliphatic rings. The molecule has 122 valence electrons. The average Bonchev–Trinajstić information content (AvgIpc) is 2.47. The van der Waals surface area contributed by atoms with Crippen molar-refractivity contribution in [1.29, 1.82) is 0 Å². The summed E-state index contributed by atoms with van der Waals surface area (Å²) in [6.07, 6.45) is 1.92. The van der Waals surface area contributed by atoms with Crippen molar-refractivity contribution in [2.45, 2.75) is 53.4 Å². The second-order valence-electron chi connectivity index (χ2n) is 6.43. The van der Waals surface area contributed by atoms with Crippen molar-refractivity contribution in [3.8, 4) is 0 Å². The molecule has 0 heterocycles. The van der Waals surface area contributed by atoms with Crippen molar-refractivity contribution in [2.75, 3.05) is 11.9 Å². The van der Waals surface area contributed by atoms with Gasteiger partial charge in [-0.05, 0) is 37.8 Å². The standard InChI is InChI=1S/C18H28N2O2/c1-6-7-12-19-16(21)18(4,5)17(22)20-15-11-9-8-10-14(15)13(2)3/h8-11,13H,6-7,12H2,1-5H3,(H,19,21)(H,20,22). The average molecular weight is 304 g/mol. The van der Waals surface area contributed by atoms with E-state index in [-0.39, 0.29) is 11.8 Å². The molecule has 0 unspecified atom stereocenters. The second kappa shape index (κ2) is 7.97. The summed E-state index contributed by atoms with van der Waals surface area (Å²) in [5.41, 5.74) is 0.743. The molecular formula is C18H28N2O2. The highest BCUT2D eigenvalue weighted by molar-refractivity contribution is 6.10. The first-order chi connectivity index (χ1) is 10.3. The van der Waals surface area contributed by atoms with Crippen LogP contribution in [0.2, 0.25) is 0 Å². The van der Waals surface area contributed by atoms with Crippen molar-refractivity contribution >= 4 is 17.5 Å². The molecule has 0 atom stereocenters. The molecule has 0 spiro atoms. The molecule has 0 aliphatic carbocycles. The van der Waals surface area contributed by atoms with E-state index in [1.807, 2.05) is 24.3 Å². The summed E-state index contributed by atoms with van der Waals surface area (Å²) in [6.45, 7) is 10.1. The maximum Gasteiger partial charge on any atom is 0.239 e. The predicted octanol–water partition coefficient (Wildman–Crippen LogP) is 3.69. The summed E-state index contributed by atoms with van der Waals surface area (Å²) in [7, 11) is 0. The Hall–Kier alpha value is -1.84. The molecule has 0 radical (unpaired) electrons. The molecule has 1 aromatic rings. The van der Waals surface area contributed by atoms with Gasteiger partial charge in [0.2, 0.25) is 11.8 Å². The number of carbonyl (C=O) groups is 2. The normalized spacial score (nSPS) is 11.4. The van der Waals surface area contributed by atoms with Crippen LogP contribution in [-0.4, -0.2) is 18.4 Å². The number of anilines is 1. The van der Waals surface area contributed by atoms with Crippen molar-refractivity contribution in [1.82, 2.24) is 5.32 Å². The summed E-state index contributed by atoms with van der Waals surface area (Å²) in [4.78, 5) is 24.7. The Bertz CT molecular complexity index is 522. The topological polar surface area (TPSA) is 58.2 Å². The number of carbonyl (C=O) groups excluding carboxylic acids is 2. The zero-order valence-corrected chi connectivity index (χ0v) is 14.3. The quantitative estimate of drug-likeness (QED) is 0.596. The van der Waals surface area contributed by atoms with Gasteiger partial charge in [0.1, 0.15) is 5.41 Å². The van der Waals surface area contributed by atoms with Crippen LogP contribution in [0.3, 0.4) is 0 Å². The molecule has 0 bridgehead atoms. The smallest absolute Gasteiger partial charge is 0.239 e. The van der Waals surface area contributed by atoms with Crippen LogP contribution in [0.1, 0.15) is 58.9 Å². The van der Waals surface area contributed by atoms with Crippen LogP contribution >= 0.6 is 0 Å². The fraction of sp³-hybridized carbons (Fsp3) is 0.556. The van der Waals surface area contributed by atoms with Crippen LogP contribution in [0.4, 0.5) is 5.69 Å². The summed E-state index contributed by atoms with van der Waals surface area (Å²) in [5, 5.41) is 5.73. The van der Waals surface area contributed by atoms with Gasteiger partial charge >= 0.3 is 0 Å². The lowest BCUT2D eigenvalue weighted by Crippen LogP contribution is -2.45. The largest absolute Gasteiger partial charge is 0.355 e. The lowest BCUT2D eigenvalue weighted by atomic mass is 9.90. The van der Waals surface area contributed by atoms with Gasteiger partial charge in [0.05, 0.1) is 0 Å². The van der Waals surface area contributed by atoms with Gasteiger partial charge in [0.15, 0.2) is 0 Å². The molecule has 1 aromatic carbocycles. The maximum atomic E-state index is 12.5. The molecule has 4 nitrogen and oxygen atoms in total. The van der Waals surface area contributed by atoms with Gasteiger partial charge in [-0.3, -0.25) is 9.59 Å². The highest BCUT2D eigenvalue weighted by Crippen LogP contribution is 2.26. The van der Waals surface area contributed by atoms with E-state index in [4.69, 9.17) is 0 Å². The van der Waals surface area contributed by atoms with Gasteiger partial charge in [0.25, 0.3) is 0 Å². The third-order valence-electron chi connectivity index (χ3n) is 3.78. The highest BCUT2D eigenvalue weighted by Gasteiger charge is 2.36. The van der Waals surface area contributed by atoms with Gasteiger partial charge in [-0.1, -0.05) is 45.4 Å². The number of rotatable bonds is 7. The predicted molar refractivity (Wildman–Crippen MR) is 90.9 cm³/mol. The zero-order valence-electron chi connectivity index (χ0n) is 14.3. The van der Waals surface area contributed by atoms with E-state index in [0.29, 0.717) is 12.5 Å². The Labute approximate surface area is 133 Å². The first-order valence-corrected chi connectivity index (χ1v) is 7.99. The molecule has 22 heavy (non-hydrogen) atoms. The molecule has 0 saturated carbocycles. The Morgan fingerprint density at radius 2 is 1.77 bits per heavy atom. The molecule has 0 saturated heterocycles. The molecule has 2 N–H and O–H groups in total. The first kappa shape index (κ1) is 18.2. The van der Waals surface area contributed by atoms with Crippen molar-refractivity contribution in [3.63, 3.8) is 0 Å². The summed E-state index contributed by atoms with van der Waals surface area (Å²) >= 11 is 0. The molecule has 2 amide bonds. The summed E-state index contributed by atoms with van der Waals surface area (Å²) in [6, 6.07) is 7.70. The van der Waals surface area contributed by atoms with Crippen LogP contribution in [0, 0.1) is 5.41 Å². The summed E-state index contributed by atoms with van der Waals surface area (Å²) < 4.78 is 0. The number of hydrogen-bond donors (Lipinski definition) is 2. The van der Waals surface area contributed by atoms with Crippen molar-refractivity contribution in [3.05, 3.63) is 29.8 Å². The number of benzene rings is 1. The first-order valence-electron chi connectivity index (χ1n) is 7.99. The van der Waals surface area contributed by atoms with Crippen molar-refractivity contribution < 1.29 is 9.59 Å². The number of nitrogens with one attached hydrogen (secondary N) is 2. The SMILES string of the molecule is CCCCNC(=O)C(C)(C)C(=O)Nc1ccccc1C(C)C. The fourth-order valence-electron chi connectivity index (χ4n) is 2.10. The monoisotopic (exact) mass is 304 g/mol. The minimum absolute atomic E-state index is 0.236. The lowest BCUT2D eigenvalue weighted by Gasteiger charge is -2.24. The number of para-hydroxylation sites is 1. The Morgan fingerprint density at radius 3 is 2.36 bits per heavy atom. The van der Waals surface area contributed by atoms with E-state index in [2.05, 4.69) is 31.4 Å². The van der Waals surface area contributed by atoms with Gasteiger partial charge in [-0.25, -0.2) is 0 Å². The van der Waals surface area contributed by atoms with Crippen LogP contribution < -0.4 is 10.6 Å². The molecule has 0 aromatic heterocycles. The lowest BCUT2D eigenvalue weighted by molar-refractivity contribution is -0.138. The second-order valence-corrected chi connectivity index (χ2v) is 6.43. The molecule has 4 heteroatoms. The Morgan fingerprint density at radius 1 is 1.14 bits per heavy atom. The number of amides is 2. The van der Waals surface area contributed by atoms with Gasteiger partial charge in [0, 0.05) is 12.2 Å². The van der Waals surface area contributed by atoms with Crippen LogP contribution in [0.5, 0.6) is 0 Å². The molecule has 0 aliphatic heterocycles. The molecular weight excluding hydrogens is 276 g/mol. The van der Waals surface area contributed by atoms with E-state index in [9.17, 15) is 9.59 Å². The van der Waals surface area contributed by atoms with Gasteiger partial charge in [-0.15, -0.1) is 0 Å². The number of unbranched alkanes of at least 4 members (excludes halogenated alkanes) is 1. The van der Waals surface area contributed by atoms with Crippen molar-refractivity contribution in [2.24, 2.45) is 5.41 Å². The van der Waals surface area contributed by atoms with Crippen LogP contribution in [0.15, 0.2) is 24.3 Å².